The molecule has 1 fully saturated rings. The van der Waals surface area contributed by atoms with Crippen LogP contribution in [0.4, 0.5) is 0 Å². The number of aliphatic hydroxyl groups is 2. The van der Waals surface area contributed by atoms with Crippen molar-refractivity contribution in [3.8, 4) is 0 Å². The standard InChI is InChI=1S/C11H22N2O3/c1-3-4-5-11(13-8(2)15)7-12-9(6-14)10(11)16/h9-10,12,14,16H,3-7H2,1-2H3,(H,13,15)/t9-,10+,11-/m0/s1. The van der Waals surface area contributed by atoms with Gasteiger partial charge in [-0.2, -0.15) is 0 Å². The molecule has 1 aliphatic rings. The van der Waals surface area contributed by atoms with Crippen molar-refractivity contribution in [1.29, 1.82) is 0 Å². The van der Waals surface area contributed by atoms with Crippen LogP contribution in [0, 0.1) is 0 Å². The molecule has 1 rings (SSSR count). The highest BCUT2D eigenvalue weighted by Gasteiger charge is 2.47. The second-order valence-corrected chi connectivity index (χ2v) is 4.56. The lowest BCUT2D eigenvalue weighted by molar-refractivity contribution is -0.122. The first-order valence-corrected chi connectivity index (χ1v) is 5.87. The Morgan fingerprint density at radius 2 is 2.31 bits per heavy atom. The molecule has 0 bridgehead atoms. The predicted molar refractivity (Wildman–Crippen MR) is 61.0 cm³/mol. The first-order chi connectivity index (χ1) is 7.55. The van der Waals surface area contributed by atoms with Crippen LogP contribution in [0.3, 0.4) is 0 Å². The number of carbonyl (C=O) groups excluding carboxylic acids is 1. The summed E-state index contributed by atoms with van der Waals surface area (Å²) in [6.07, 6.45) is 1.95. The minimum atomic E-state index is -0.729. The van der Waals surface area contributed by atoms with Gasteiger partial charge in [-0.25, -0.2) is 0 Å². The molecule has 94 valence electrons. The molecule has 0 radical (unpaired) electrons. The average Bonchev–Trinajstić information content (AvgIpc) is 2.53. The Labute approximate surface area is 96.2 Å². The SMILES string of the molecule is CCCC[C@]1(NC(C)=O)CN[C@@H](CO)[C@H]1O. The Bertz CT molecular complexity index is 247. The van der Waals surface area contributed by atoms with E-state index in [-0.39, 0.29) is 18.6 Å². The minimum Gasteiger partial charge on any atom is -0.395 e. The molecule has 1 saturated heterocycles. The normalized spacial score (nSPS) is 34.0. The molecule has 1 heterocycles. The second kappa shape index (κ2) is 5.61. The van der Waals surface area contributed by atoms with Gasteiger partial charge in [0.25, 0.3) is 0 Å². The number of unbranched alkanes of at least 4 members (excludes halogenated alkanes) is 1. The van der Waals surface area contributed by atoms with Crippen LogP contribution >= 0.6 is 0 Å². The molecular weight excluding hydrogens is 208 g/mol. The molecule has 0 aromatic carbocycles. The maximum Gasteiger partial charge on any atom is 0.217 e. The van der Waals surface area contributed by atoms with Crippen molar-refractivity contribution in [1.82, 2.24) is 10.6 Å². The second-order valence-electron chi connectivity index (χ2n) is 4.56. The van der Waals surface area contributed by atoms with E-state index in [0.29, 0.717) is 6.54 Å². The van der Waals surface area contributed by atoms with Crippen molar-refractivity contribution in [2.45, 2.75) is 50.8 Å². The number of hydrogen-bond acceptors (Lipinski definition) is 4. The van der Waals surface area contributed by atoms with E-state index in [0.717, 1.165) is 19.3 Å². The van der Waals surface area contributed by atoms with Crippen molar-refractivity contribution < 1.29 is 15.0 Å². The van der Waals surface area contributed by atoms with Gasteiger partial charge in [0.05, 0.1) is 24.3 Å². The zero-order valence-corrected chi connectivity index (χ0v) is 9.99. The zero-order valence-electron chi connectivity index (χ0n) is 9.99. The third kappa shape index (κ3) is 2.72. The van der Waals surface area contributed by atoms with Crippen LogP contribution < -0.4 is 10.6 Å². The monoisotopic (exact) mass is 230 g/mol. The number of rotatable bonds is 5. The van der Waals surface area contributed by atoms with Gasteiger partial charge in [0.2, 0.25) is 5.91 Å². The van der Waals surface area contributed by atoms with E-state index >= 15 is 0 Å². The topological polar surface area (TPSA) is 81.6 Å². The van der Waals surface area contributed by atoms with E-state index in [1.54, 1.807) is 0 Å². The summed E-state index contributed by atoms with van der Waals surface area (Å²) in [5.74, 6) is -0.143. The molecule has 5 nitrogen and oxygen atoms in total. The molecule has 5 heteroatoms. The Hall–Kier alpha value is -0.650. The fourth-order valence-electron chi connectivity index (χ4n) is 2.34. The van der Waals surface area contributed by atoms with Crippen LogP contribution in [0.15, 0.2) is 0 Å². The van der Waals surface area contributed by atoms with Crippen molar-refractivity contribution in [3.05, 3.63) is 0 Å². The Morgan fingerprint density at radius 1 is 1.62 bits per heavy atom. The molecule has 0 saturated carbocycles. The highest BCUT2D eigenvalue weighted by molar-refractivity contribution is 5.74. The largest absolute Gasteiger partial charge is 0.395 e. The lowest BCUT2D eigenvalue weighted by atomic mass is 9.87. The van der Waals surface area contributed by atoms with Gasteiger partial charge in [-0.15, -0.1) is 0 Å². The Morgan fingerprint density at radius 3 is 2.75 bits per heavy atom. The van der Waals surface area contributed by atoms with Crippen LogP contribution in [0.5, 0.6) is 0 Å². The van der Waals surface area contributed by atoms with E-state index in [1.807, 2.05) is 0 Å². The molecule has 1 amide bonds. The van der Waals surface area contributed by atoms with E-state index < -0.39 is 11.6 Å². The van der Waals surface area contributed by atoms with Crippen molar-refractivity contribution in [2.24, 2.45) is 0 Å². The van der Waals surface area contributed by atoms with Gasteiger partial charge in [-0.05, 0) is 6.42 Å². The van der Waals surface area contributed by atoms with Crippen molar-refractivity contribution >= 4 is 5.91 Å². The molecule has 0 aromatic rings. The maximum absolute atomic E-state index is 11.2. The summed E-state index contributed by atoms with van der Waals surface area (Å²) in [6.45, 7) is 3.92. The summed E-state index contributed by atoms with van der Waals surface area (Å²) >= 11 is 0. The molecule has 0 aromatic heterocycles. The average molecular weight is 230 g/mol. The van der Waals surface area contributed by atoms with Crippen LogP contribution in [0.25, 0.3) is 0 Å². The summed E-state index contributed by atoms with van der Waals surface area (Å²) in [4.78, 5) is 11.2. The number of hydrogen-bond donors (Lipinski definition) is 4. The zero-order chi connectivity index (χ0) is 12.2. The van der Waals surface area contributed by atoms with Gasteiger partial charge in [-0.3, -0.25) is 4.79 Å². The fraction of sp³-hybridized carbons (Fsp3) is 0.909. The molecule has 16 heavy (non-hydrogen) atoms. The number of nitrogens with one attached hydrogen (secondary N) is 2. The Balaban J connectivity index is 2.74. The van der Waals surface area contributed by atoms with Gasteiger partial charge < -0.3 is 20.8 Å². The first kappa shape index (κ1) is 13.4. The number of aliphatic hydroxyl groups excluding tert-OH is 2. The minimum absolute atomic E-state index is 0.116. The van der Waals surface area contributed by atoms with Crippen molar-refractivity contribution in [3.63, 3.8) is 0 Å². The van der Waals surface area contributed by atoms with Gasteiger partial charge in [0, 0.05) is 13.5 Å². The van der Waals surface area contributed by atoms with Crippen LogP contribution in [0.2, 0.25) is 0 Å². The first-order valence-electron chi connectivity index (χ1n) is 5.87. The summed E-state index contributed by atoms with van der Waals surface area (Å²) in [5, 5.41) is 25.1. The van der Waals surface area contributed by atoms with Crippen LogP contribution in [0.1, 0.15) is 33.1 Å². The number of carbonyl (C=O) groups is 1. The third-order valence-corrected chi connectivity index (χ3v) is 3.23. The lowest BCUT2D eigenvalue weighted by Gasteiger charge is -2.33. The number of amides is 1. The Kier molecular flexibility index (Phi) is 4.70. The van der Waals surface area contributed by atoms with E-state index in [2.05, 4.69) is 17.6 Å². The smallest absolute Gasteiger partial charge is 0.217 e. The molecular formula is C11H22N2O3. The van der Waals surface area contributed by atoms with Crippen LogP contribution in [-0.2, 0) is 4.79 Å². The van der Waals surface area contributed by atoms with Gasteiger partial charge >= 0.3 is 0 Å². The van der Waals surface area contributed by atoms with Gasteiger partial charge in [-0.1, -0.05) is 19.8 Å². The van der Waals surface area contributed by atoms with E-state index in [4.69, 9.17) is 5.11 Å². The maximum atomic E-state index is 11.2. The fourth-order valence-corrected chi connectivity index (χ4v) is 2.34. The van der Waals surface area contributed by atoms with Crippen molar-refractivity contribution in [2.75, 3.05) is 13.2 Å². The third-order valence-electron chi connectivity index (χ3n) is 3.23. The summed E-state index contributed by atoms with van der Waals surface area (Å²) in [7, 11) is 0. The quantitative estimate of drug-likeness (QED) is 0.507. The van der Waals surface area contributed by atoms with E-state index in [9.17, 15) is 9.90 Å². The predicted octanol–water partition coefficient (Wildman–Crippen LogP) is -0.623. The molecule has 4 N–H and O–H groups in total. The van der Waals surface area contributed by atoms with Gasteiger partial charge in [0.15, 0.2) is 0 Å². The summed E-state index contributed by atoms with van der Waals surface area (Å²) in [6, 6.07) is -0.344. The molecule has 0 unspecified atom stereocenters. The van der Waals surface area contributed by atoms with Crippen LogP contribution in [-0.4, -0.2) is 47.0 Å². The van der Waals surface area contributed by atoms with E-state index in [1.165, 1.54) is 6.92 Å². The molecule has 3 atom stereocenters. The highest BCUT2D eigenvalue weighted by atomic mass is 16.3. The molecule has 0 spiro atoms. The molecule has 0 aliphatic carbocycles. The summed E-state index contributed by atoms with van der Waals surface area (Å²) in [5.41, 5.74) is -0.616. The summed E-state index contributed by atoms with van der Waals surface area (Å²) < 4.78 is 0. The molecule has 1 aliphatic heterocycles. The lowest BCUT2D eigenvalue weighted by Crippen LogP contribution is -2.57. The highest BCUT2D eigenvalue weighted by Crippen LogP contribution is 2.26. The van der Waals surface area contributed by atoms with Gasteiger partial charge in [0.1, 0.15) is 0 Å².